The van der Waals surface area contributed by atoms with Crippen molar-refractivity contribution in [2.24, 2.45) is 5.73 Å². The molecule has 0 aliphatic carbocycles. The number of benzene rings is 1. The van der Waals surface area contributed by atoms with E-state index in [9.17, 15) is 15.1 Å². The van der Waals surface area contributed by atoms with E-state index in [1.54, 1.807) is 0 Å². The molecule has 0 amide bonds. The molecule has 7 heteroatoms. The van der Waals surface area contributed by atoms with Crippen molar-refractivity contribution < 1.29 is 20.2 Å². The van der Waals surface area contributed by atoms with Gasteiger partial charge in [-0.05, 0) is 17.7 Å². The molecule has 0 spiro atoms. The molecule has 0 radical (unpaired) electrons. The number of hydrogen-bond donors (Lipinski definition) is 4. The Morgan fingerprint density at radius 2 is 1.88 bits per heavy atom. The Balaban J connectivity index is 2.85. The van der Waals surface area contributed by atoms with Crippen LogP contribution in [0, 0.1) is 5.21 Å². The van der Waals surface area contributed by atoms with E-state index in [-0.39, 0.29) is 16.5 Å². The van der Waals surface area contributed by atoms with Crippen molar-refractivity contribution in [1.29, 1.82) is 0 Å². The first-order valence-electron chi connectivity index (χ1n) is 4.36. The molecule has 0 bridgehead atoms. The van der Waals surface area contributed by atoms with Gasteiger partial charge >= 0.3 is 5.97 Å². The van der Waals surface area contributed by atoms with Crippen LogP contribution < -0.4 is 11.0 Å². The molecule has 1 aromatic rings. The lowest BCUT2D eigenvalue weighted by Gasteiger charge is -2.22. The van der Waals surface area contributed by atoms with E-state index in [4.69, 9.17) is 16.0 Å². The molecular weight excluding hydrogens is 216 g/mol. The Bertz CT molecular complexity index is 365. The van der Waals surface area contributed by atoms with Crippen LogP contribution in [-0.4, -0.2) is 27.4 Å². The third-order valence-corrected chi connectivity index (χ3v) is 2.08. The Morgan fingerprint density at radius 3 is 2.25 bits per heavy atom. The van der Waals surface area contributed by atoms with E-state index in [1.807, 2.05) is 0 Å². The van der Waals surface area contributed by atoms with Gasteiger partial charge in [-0.2, -0.15) is 0 Å². The van der Waals surface area contributed by atoms with Crippen LogP contribution in [0.1, 0.15) is 11.7 Å². The molecule has 88 valence electrons. The number of carboxylic acid groups (broad SMARTS) is 1. The molecule has 0 aliphatic heterocycles. The highest BCUT2D eigenvalue weighted by molar-refractivity contribution is 5.74. The maximum absolute atomic E-state index is 10.5. The van der Waals surface area contributed by atoms with Crippen LogP contribution in [0.2, 0.25) is 0 Å². The minimum absolute atomic E-state index is 0.0279. The third kappa shape index (κ3) is 2.67. The molecule has 7 nitrogen and oxygen atoms in total. The number of anilines is 1. The predicted molar refractivity (Wildman–Crippen MR) is 54.6 cm³/mol. The summed E-state index contributed by atoms with van der Waals surface area (Å²) >= 11 is 0. The zero-order valence-electron chi connectivity index (χ0n) is 8.15. The highest BCUT2D eigenvalue weighted by atomic mass is 16.8. The smallest absolute Gasteiger partial charge is 0.323 e. The summed E-state index contributed by atoms with van der Waals surface area (Å²) in [5.74, 6) is -1.33. The number of hydrogen-bond acceptors (Lipinski definition) is 6. The van der Waals surface area contributed by atoms with Crippen molar-refractivity contribution in [1.82, 2.24) is 0 Å². The lowest BCUT2D eigenvalue weighted by Crippen LogP contribution is -2.36. The van der Waals surface area contributed by atoms with Gasteiger partial charge in [-0.3, -0.25) is 10.0 Å². The molecule has 0 aromatic heterocycles. The van der Waals surface area contributed by atoms with Gasteiger partial charge in [0.1, 0.15) is 12.1 Å². The lowest BCUT2D eigenvalue weighted by atomic mass is 10.0. The molecule has 1 rings (SSSR count). The van der Waals surface area contributed by atoms with Crippen molar-refractivity contribution >= 4 is 11.7 Å². The molecule has 16 heavy (non-hydrogen) atoms. The average molecular weight is 227 g/mol. The summed E-state index contributed by atoms with van der Waals surface area (Å²) in [7, 11) is 0. The van der Waals surface area contributed by atoms with Crippen LogP contribution in [0.25, 0.3) is 0 Å². The first-order valence-corrected chi connectivity index (χ1v) is 4.36. The maximum Gasteiger partial charge on any atom is 0.323 e. The maximum atomic E-state index is 10.5. The Kier molecular flexibility index (Phi) is 3.80. The van der Waals surface area contributed by atoms with Crippen molar-refractivity contribution in [2.45, 2.75) is 12.1 Å². The van der Waals surface area contributed by atoms with Crippen LogP contribution in [0.4, 0.5) is 5.69 Å². The van der Waals surface area contributed by atoms with Crippen LogP contribution in [-0.2, 0) is 4.79 Å². The molecule has 2 atom stereocenters. The molecular formula is C9H11N2O5-. The van der Waals surface area contributed by atoms with Gasteiger partial charge in [0.2, 0.25) is 0 Å². The number of carbonyl (C=O) groups is 1. The van der Waals surface area contributed by atoms with Gasteiger partial charge in [0.15, 0.2) is 0 Å². The van der Waals surface area contributed by atoms with Crippen LogP contribution in [0.15, 0.2) is 24.3 Å². The molecule has 0 saturated carbocycles. The second kappa shape index (κ2) is 4.90. The zero-order valence-corrected chi connectivity index (χ0v) is 8.15. The zero-order chi connectivity index (χ0) is 12.3. The fourth-order valence-corrected chi connectivity index (χ4v) is 1.14. The summed E-state index contributed by atoms with van der Waals surface area (Å²) in [5, 5.41) is 36.8. The summed E-state index contributed by atoms with van der Waals surface area (Å²) in [5.41, 5.74) is 5.44. The first-order chi connectivity index (χ1) is 7.43. The van der Waals surface area contributed by atoms with Gasteiger partial charge in [-0.25, -0.2) is 0 Å². The highest BCUT2D eigenvalue weighted by Crippen LogP contribution is 2.19. The van der Waals surface area contributed by atoms with E-state index >= 15 is 0 Å². The highest BCUT2D eigenvalue weighted by Gasteiger charge is 2.23. The van der Waals surface area contributed by atoms with Gasteiger partial charge < -0.3 is 26.4 Å². The quantitative estimate of drug-likeness (QED) is 0.525. The van der Waals surface area contributed by atoms with E-state index in [0.29, 0.717) is 0 Å². The average Bonchev–Trinajstić information content (AvgIpc) is 2.27. The van der Waals surface area contributed by atoms with Crippen LogP contribution in [0.5, 0.6) is 0 Å². The summed E-state index contributed by atoms with van der Waals surface area (Å²) in [6.45, 7) is 0. The normalized spacial score (nSPS) is 14.2. The molecule has 0 saturated heterocycles. The Morgan fingerprint density at radius 1 is 1.38 bits per heavy atom. The molecule has 5 N–H and O–H groups in total. The Labute approximate surface area is 90.9 Å². The molecule has 0 fully saturated rings. The molecule has 0 heterocycles. The molecule has 0 unspecified atom stereocenters. The van der Waals surface area contributed by atoms with E-state index in [0.717, 1.165) is 0 Å². The summed E-state index contributed by atoms with van der Waals surface area (Å²) < 4.78 is 0. The second-order valence-corrected chi connectivity index (χ2v) is 3.17. The number of carboxylic acids is 1. The topological polar surface area (TPSA) is 130 Å². The van der Waals surface area contributed by atoms with E-state index in [2.05, 4.69) is 0 Å². The fourth-order valence-electron chi connectivity index (χ4n) is 1.14. The van der Waals surface area contributed by atoms with Gasteiger partial charge in [-0.1, -0.05) is 12.1 Å². The molecule has 1 aromatic carbocycles. The van der Waals surface area contributed by atoms with Gasteiger partial charge in [0, 0.05) is 0 Å². The number of nitrogens with two attached hydrogens (primary N) is 1. The monoisotopic (exact) mass is 227 g/mol. The third-order valence-electron chi connectivity index (χ3n) is 2.08. The van der Waals surface area contributed by atoms with Crippen LogP contribution in [0.3, 0.4) is 0 Å². The number of aliphatic hydroxyl groups is 1. The number of aliphatic carboxylic acids is 1. The minimum atomic E-state index is -1.44. The predicted octanol–water partition coefficient (Wildman–Crippen LogP) is -0.175. The molecule has 0 aliphatic rings. The summed E-state index contributed by atoms with van der Waals surface area (Å²) in [4.78, 5) is 10.5. The standard InChI is InChI=1S/C9H11N2O5/c10-7(9(13)14)8(12)5-1-3-6(4-2-5)11(15)16/h1-4,7-8,12,15H,10H2,(H,13,14)/q-1/t7-,8+/m1/s1. The number of nitrogens with zero attached hydrogens (tertiary/aromatic N) is 1. The van der Waals surface area contributed by atoms with Gasteiger partial charge in [-0.15, -0.1) is 0 Å². The fraction of sp³-hybridized carbons (Fsp3) is 0.222. The summed E-state index contributed by atoms with van der Waals surface area (Å²) in [6, 6.07) is 3.65. The van der Waals surface area contributed by atoms with Gasteiger partial charge in [0.25, 0.3) is 0 Å². The summed E-state index contributed by atoms with van der Waals surface area (Å²) in [6.07, 6.45) is -1.37. The van der Waals surface area contributed by atoms with Crippen molar-refractivity contribution in [3.05, 3.63) is 35.0 Å². The first kappa shape index (κ1) is 12.4. The second-order valence-electron chi connectivity index (χ2n) is 3.17. The van der Waals surface area contributed by atoms with E-state index in [1.165, 1.54) is 24.3 Å². The van der Waals surface area contributed by atoms with Crippen LogP contribution >= 0.6 is 0 Å². The number of aliphatic hydroxyl groups excluding tert-OH is 1. The van der Waals surface area contributed by atoms with Crippen molar-refractivity contribution in [3.8, 4) is 0 Å². The van der Waals surface area contributed by atoms with E-state index < -0.39 is 18.1 Å². The van der Waals surface area contributed by atoms with Gasteiger partial charge in [0.05, 0.1) is 5.69 Å². The lowest BCUT2D eigenvalue weighted by molar-refractivity contribution is -0.141. The minimum Gasteiger partial charge on any atom is -0.733 e. The SMILES string of the molecule is N[C@@H](C(=O)O)[C@@H](O)c1ccc(N([O-])O)cc1. The van der Waals surface area contributed by atoms with Crippen molar-refractivity contribution in [2.75, 3.05) is 5.23 Å². The van der Waals surface area contributed by atoms with Crippen molar-refractivity contribution in [3.63, 3.8) is 0 Å². The Hall–Kier alpha value is -1.67. The largest absolute Gasteiger partial charge is 0.733 e. The number of rotatable bonds is 4.